The molecule has 0 spiro atoms. The molecular weight excluding hydrogens is 459 g/mol. The lowest BCUT2D eigenvalue weighted by Gasteiger charge is -2.29. The molecule has 2 aromatic rings. The Morgan fingerprint density at radius 1 is 1.17 bits per heavy atom. The third-order valence-electron chi connectivity index (χ3n) is 7.24. The summed E-state index contributed by atoms with van der Waals surface area (Å²) in [4.78, 5) is 10.8. The van der Waals surface area contributed by atoms with E-state index < -0.39 is 0 Å². The zero-order valence-electron chi connectivity index (χ0n) is 21.1. The molecule has 5 rings (SSSR count). The van der Waals surface area contributed by atoms with Crippen molar-refractivity contribution >= 4 is 6.29 Å². The quantitative estimate of drug-likeness (QED) is 0.586. The molecule has 0 aromatic heterocycles. The van der Waals surface area contributed by atoms with E-state index in [0.717, 1.165) is 66.2 Å². The van der Waals surface area contributed by atoms with Crippen LogP contribution in [-0.2, 0) is 27.3 Å². The second kappa shape index (κ2) is 12.4. The Labute approximate surface area is 212 Å². The van der Waals surface area contributed by atoms with Crippen LogP contribution < -0.4 is 10.1 Å². The Morgan fingerprint density at radius 2 is 2.00 bits per heavy atom. The molecule has 0 saturated carbocycles. The number of nitriles is 1. The molecule has 3 aliphatic heterocycles. The summed E-state index contributed by atoms with van der Waals surface area (Å²) in [7, 11) is 0. The molecule has 0 bridgehead atoms. The second-order valence-corrected chi connectivity index (χ2v) is 9.86. The van der Waals surface area contributed by atoms with Gasteiger partial charge >= 0.3 is 0 Å². The van der Waals surface area contributed by atoms with Crippen molar-refractivity contribution in [3.05, 3.63) is 52.3 Å². The fraction of sp³-hybridized carbons (Fsp3) is 0.517. The smallest absolute Gasteiger partial charge is 0.127 e. The lowest BCUT2D eigenvalue weighted by molar-refractivity contribution is -0.108. The van der Waals surface area contributed by atoms with E-state index in [1.165, 1.54) is 6.42 Å². The molecule has 2 aromatic carbocycles. The minimum absolute atomic E-state index is 0.00445. The largest absolute Gasteiger partial charge is 0.488 e. The minimum atomic E-state index is -0.229. The van der Waals surface area contributed by atoms with Crippen molar-refractivity contribution in [2.24, 2.45) is 11.8 Å². The molecule has 0 amide bonds. The number of ether oxygens (including phenoxy) is 3. The summed E-state index contributed by atoms with van der Waals surface area (Å²) in [5, 5.41) is 12.8. The maximum absolute atomic E-state index is 14.5. The number of hydrogen-bond acceptors (Lipinski definition) is 6. The van der Waals surface area contributed by atoms with Crippen molar-refractivity contribution in [1.29, 1.82) is 5.26 Å². The van der Waals surface area contributed by atoms with Gasteiger partial charge in [-0.2, -0.15) is 5.26 Å². The molecule has 0 aliphatic carbocycles. The number of fused-ring (bicyclic) bond motifs is 3. The molecule has 3 heterocycles. The van der Waals surface area contributed by atoms with Crippen molar-refractivity contribution < 1.29 is 23.4 Å². The highest BCUT2D eigenvalue weighted by molar-refractivity contribution is 5.77. The Hall–Kier alpha value is -2.79. The van der Waals surface area contributed by atoms with Crippen LogP contribution in [0.2, 0.25) is 0 Å². The van der Waals surface area contributed by atoms with Crippen LogP contribution in [0.3, 0.4) is 0 Å². The van der Waals surface area contributed by atoms with E-state index in [2.05, 4.69) is 17.5 Å². The number of rotatable bonds is 6. The molecule has 36 heavy (non-hydrogen) atoms. The van der Waals surface area contributed by atoms with E-state index in [-0.39, 0.29) is 23.6 Å². The monoisotopic (exact) mass is 494 g/mol. The third kappa shape index (κ3) is 6.12. The Balaban J connectivity index is 0.000000375. The van der Waals surface area contributed by atoms with E-state index in [1.807, 2.05) is 26.0 Å². The zero-order valence-corrected chi connectivity index (χ0v) is 21.1. The first-order valence-corrected chi connectivity index (χ1v) is 12.8. The topological polar surface area (TPSA) is 80.6 Å². The van der Waals surface area contributed by atoms with Crippen molar-refractivity contribution in [3.63, 3.8) is 0 Å². The SMILES string of the molecule is C1CNCCOC1.Cc1cc2c(cc1CC(C#N)C(C)CC=O)OCc1cc(F)c(C3COC3)cc1-2. The third-order valence-corrected chi connectivity index (χ3v) is 7.24. The molecule has 2 saturated heterocycles. The molecule has 2 fully saturated rings. The average Bonchev–Trinajstić information content (AvgIpc) is 3.16. The van der Waals surface area contributed by atoms with Gasteiger partial charge in [0.25, 0.3) is 0 Å². The number of nitrogens with zero attached hydrogens (tertiary/aromatic N) is 1. The van der Waals surface area contributed by atoms with Crippen LogP contribution in [0.25, 0.3) is 11.1 Å². The van der Waals surface area contributed by atoms with Crippen molar-refractivity contribution in [2.45, 2.75) is 45.6 Å². The van der Waals surface area contributed by atoms with Gasteiger partial charge in [-0.3, -0.25) is 0 Å². The number of benzene rings is 2. The second-order valence-electron chi connectivity index (χ2n) is 9.86. The van der Waals surface area contributed by atoms with E-state index in [1.54, 1.807) is 6.07 Å². The van der Waals surface area contributed by atoms with Crippen LogP contribution in [0.1, 0.15) is 47.9 Å². The van der Waals surface area contributed by atoms with Gasteiger partial charge in [-0.25, -0.2) is 4.39 Å². The van der Waals surface area contributed by atoms with Gasteiger partial charge in [0.05, 0.1) is 31.8 Å². The van der Waals surface area contributed by atoms with E-state index >= 15 is 0 Å². The highest BCUT2D eigenvalue weighted by atomic mass is 19.1. The first-order chi connectivity index (χ1) is 17.5. The summed E-state index contributed by atoms with van der Waals surface area (Å²) in [6.07, 6.45) is 3.00. The van der Waals surface area contributed by atoms with Gasteiger partial charge in [0.15, 0.2) is 0 Å². The summed E-state index contributed by atoms with van der Waals surface area (Å²) in [5.74, 6) is 0.457. The van der Waals surface area contributed by atoms with E-state index in [0.29, 0.717) is 38.2 Å². The number of carbonyl (C=O) groups excluding carboxylic acids is 1. The summed E-state index contributed by atoms with van der Waals surface area (Å²) in [6.45, 7) is 9.38. The van der Waals surface area contributed by atoms with Crippen LogP contribution in [0.15, 0.2) is 24.3 Å². The molecule has 3 aliphatic rings. The lowest BCUT2D eigenvalue weighted by Crippen LogP contribution is -2.26. The Bertz CT molecular complexity index is 1090. The van der Waals surface area contributed by atoms with Gasteiger partial charge in [0.1, 0.15) is 24.5 Å². The number of aryl methyl sites for hydroxylation is 1. The fourth-order valence-electron chi connectivity index (χ4n) is 4.76. The summed E-state index contributed by atoms with van der Waals surface area (Å²) in [6, 6.07) is 9.95. The van der Waals surface area contributed by atoms with Crippen LogP contribution >= 0.6 is 0 Å². The molecule has 2 unspecified atom stereocenters. The highest BCUT2D eigenvalue weighted by Crippen LogP contribution is 2.42. The maximum Gasteiger partial charge on any atom is 0.127 e. The van der Waals surface area contributed by atoms with Crippen LogP contribution in [0.4, 0.5) is 4.39 Å². The highest BCUT2D eigenvalue weighted by Gasteiger charge is 2.28. The van der Waals surface area contributed by atoms with Gasteiger partial charge in [0, 0.05) is 36.6 Å². The molecule has 6 nitrogen and oxygen atoms in total. The van der Waals surface area contributed by atoms with Gasteiger partial charge in [-0.1, -0.05) is 6.92 Å². The predicted octanol–water partition coefficient (Wildman–Crippen LogP) is 4.71. The van der Waals surface area contributed by atoms with Crippen molar-refractivity contribution in [2.75, 3.05) is 39.5 Å². The van der Waals surface area contributed by atoms with Crippen molar-refractivity contribution in [3.8, 4) is 22.9 Å². The predicted molar refractivity (Wildman–Crippen MR) is 135 cm³/mol. The number of carbonyl (C=O) groups is 1. The van der Waals surface area contributed by atoms with Crippen LogP contribution in [0, 0.1) is 35.9 Å². The van der Waals surface area contributed by atoms with Crippen LogP contribution in [-0.4, -0.2) is 45.8 Å². The first-order valence-electron chi connectivity index (χ1n) is 12.8. The first kappa shape index (κ1) is 26.3. The lowest BCUT2D eigenvalue weighted by atomic mass is 9.84. The van der Waals surface area contributed by atoms with Crippen LogP contribution in [0.5, 0.6) is 5.75 Å². The van der Waals surface area contributed by atoms with Crippen molar-refractivity contribution in [1.82, 2.24) is 5.32 Å². The number of halogens is 1. The van der Waals surface area contributed by atoms with Gasteiger partial charge in [-0.05, 0) is 78.7 Å². The van der Waals surface area contributed by atoms with Gasteiger partial charge < -0.3 is 24.3 Å². The Morgan fingerprint density at radius 3 is 2.72 bits per heavy atom. The minimum Gasteiger partial charge on any atom is -0.488 e. The average molecular weight is 495 g/mol. The molecule has 7 heteroatoms. The van der Waals surface area contributed by atoms with Gasteiger partial charge in [-0.15, -0.1) is 0 Å². The maximum atomic E-state index is 14.5. The standard InChI is InChI=1S/C24H24FNO3.C5H11NO/c1-14(3-4-27)17(10-26)6-16-8-24-22(5-15(16)2)20-9-21(19-11-28-12-19)23(25)7-18(20)13-29-24;1-2-6-3-5-7-4-1/h4-5,7-9,14,17,19H,3,6,11-13H2,1-2H3;6H,1-5H2. The number of aldehydes is 1. The molecule has 1 N–H and O–H groups in total. The molecular formula is C29H35FN2O4. The summed E-state index contributed by atoms with van der Waals surface area (Å²) < 4.78 is 30.8. The molecule has 0 radical (unpaired) electrons. The molecule has 2 atom stereocenters. The van der Waals surface area contributed by atoms with E-state index in [4.69, 9.17) is 14.2 Å². The fourth-order valence-corrected chi connectivity index (χ4v) is 4.76. The zero-order chi connectivity index (χ0) is 25.5. The number of nitrogens with one attached hydrogen (secondary N) is 1. The normalized spacial score (nSPS) is 18.5. The summed E-state index contributed by atoms with van der Waals surface area (Å²) in [5.41, 5.74) is 5.64. The summed E-state index contributed by atoms with van der Waals surface area (Å²) >= 11 is 0. The Kier molecular flexibility index (Phi) is 9.08. The number of hydrogen-bond donors (Lipinski definition) is 1. The molecule has 192 valence electrons. The van der Waals surface area contributed by atoms with Gasteiger partial charge in [0.2, 0.25) is 0 Å². The van der Waals surface area contributed by atoms with E-state index in [9.17, 15) is 14.4 Å².